The van der Waals surface area contributed by atoms with E-state index in [9.17, 15) is 4.79 Å². The van der Waals surface area contributed by atoms with Crippen molar-refractivity contribution in [1.29, 1.82) is 0 Å². The number of carbonyl (C=O) groups is 1. The monoisotopic (exact) mass is 320 g/mol. The summed E-state index contributed by atoms with van der Waals surface area (Å²) < 4.78 is 0. The molecule has 1 aliphatic carbocycles. The van der Waals surface area contributed by atoms with Gasteiger partial charge in [-0.15, -0.1) is 6.58 Å². The fourth-order valence-corrected chi connectivity index (χ4v) is 3.91. The molecule has 0 fully saturated rings. The number of ketones is 1. The summed E-state index contributed by atoms with van der Waals surface area (Å²) in [5.41, 5.74) is 3.76. The molecule has 24 heavy (non-hydrogen) atoms. The van der Waals surface area contributed by atoms with Gasteiger partial charge in [-0.1, -0.05) is 62.1 Å². The molecule has 2 aromatic rings. The predicted octanol–water partition coefficient (Wildman–Crippen LogP) is 6.43. The maximum atomic E-state index is 12.7. The Hall–Kier alpha value is -1.89. The number of Topliss-reactive ketones (excluding diaryl/α,β-unsaturated/α-hetero) is 1. The number of benzene rings is 2. The molecule has 0 radical (unpaired) electrons. The Morgan fingerprint density at radius 2 is 1.62 bits per heavy atom. The van der Waals surface area contributed by atoms with E-state index in [0.717, 1.165) is 31.2 Å². The van der Waals surface area contributed by atoms with E-state index in [1.165, 1.54) is 54.0 Å². The highest BCUT2D eigenvalue weighted by Crippen LogP contribution is 2.33. The van der Waals surface area contributed by atoms with Gasteiger partial charge < -0.3 is 0 Å². The average Bonchev–Trinajstić information content (AvgIpc) is 3.03. The van der Waals surface area contributed by atoms with E-state index in [1.807, 2.05) is 6.08 Å². The fourth-order valence-electron chi connectivity index (χ4n) is 3.91. The van der Waals surface area contributed by atoms with Crippen molar-refractivity contribution in [2.75, 3.05) is 0 Å². The van der Waals surface area contributed by atoms with Gasteiger partial charge in [0.1, 0.15) is 0 Å². The van der Waals surface area contributed by atoms with Crippen LogP contribution in [0, 0.1) is 0 Å². The van der Waals surface area contributed by atoms with Crippen LogP contribution in [0.3, 0.4) is 0 Å². The van der Waals surface area contributed by atoms with Crippen molar-refractivity contribution < 1.29 is 4.79 Å². The van der Waals surface area contributed by atoms with Crippen molar-refractivity contribution in [3.05, 3.63) is 59.7 Å². The van der Waals surface area contributed by atoms with Crippen LogP contribution < -0.4 is 0 Å². The Balaban J connectivity index is 1.53. The lowest BCUT2D eigenvalue weighted by Crippen LogP contribution is -2.01. The summed E-state index contributed by atoms with van der Waals surface area (Å²) in [5, 5.41) is 2.53. The summed E-state index contributed by atoms with van der Waals surface area (Å²) in [4.78, 5) is 12.7. The lowest BCUT2D eigenvalue weighted by Gasteiger charge is -2.08. The average molecular weight is 320 g/mol. The molecule has 0 aliphatic heterocycles. The lowest BCUT2D eigenvalue weighted by molar-refractivity contribution is 0.0980. The van der Waals surface area contributed by atoms with Gasteiger partial charge in [-0.2, -0.15) is 0 Å². The minimum atomic E-state index is 0.317. The molecule has 0 bridgehead atoms. The van der Waals surface area contributed by atoms with Gasteiger partial charge in [0.25, 0.3) is 0 Å². The van der Waals surface area contributed by atoms with Gasteiger partial charge in [0.2, 0.25) is 0 Å². The number of rotatable bonds is 10. The highest BCUT2D eigenvalue weighted by Gasteiger charge is 2.18. The van der Waals surface area contributed by atoms with Crippen LogP contribution in [-0.4, -0.2) is 5.78 Å². The molecule has 1 nitrogen and oxygen atoms in total. The third-order valence-corrected chi connectivity index (χ3v) is 5.24. The number of unbranched alkanes of at least 4 members (excludes halogenated alkanes) is 6. The van der Waals surface area contributed by atoms with E-state index in [1.54, 1.807) is 0 Å². The second-order valence-corrected chi connectivity index (χ2v) is 6.98. The Bertz CT molecular complexity index is 716. The lowest BCUT2D eigenvalue weighted by atomic mass is 9.95. The summed E-state index contributed by atoms with van der Waals surface area (Å²) >= 11 is 0. The van der Waals surface area contributed by atoms with Gasteiger partial charge in [0.05, 0.1) is 0 Å². The minimum Gasteiger partial charge on any atom is -0.294 e. The molecule has 126 valence electrons. The van der Waals surface area contributed by atoms with Crippen LogP contribution in [0.5, 0.6) is 0 Å². The molecule has 0 N–H and O–H groups in total. The van der Waals surface area contributed by atoms with Gasteiger partial charge in [0.15, 0.2) is 5.78 Å². The van der Waals surface area contributed by atoms with Crippen molar-refractivity contribution in [2.45, 2.75) is 64.2 Å². The van der Waals surface area contributed by atoms with Gasteiger partial charge in [-0.25, -0.2) is 0 Å². The van der Waals surface area contributed by atoms with Crippen LogP contribution in [0.25, 0.3) is 10.8 Å². The number of hydrogen-bond donors (Lipinski definition) is 0. The first-order valence-electron chi connectivity index (χ1n) is 9.49. The molecule has 2 aromatic carbocycles. The van der Waals surface area contributed by atoms with Gasteiger partial charge in [-0.05, 0) is 54.0 Å². The van der Waals surface area contributed by atoms with Crippen LogP contribution in [-0.2, 0) is 12.8 Å². The SMILES string of the molecule is C=CCCCCCCCCC(=O)c1ccc2c3c(cccc13)CC2. The standard InChI is InChI=1S/C23H28O/c1-2-3-4-5-6-7-8-9-13-22(24)20-17-16-19-15-14-18-11-10-12-21(20)23(18)19/h2,10-12,16-17H,1,3-9,13-15H2. The third-order valence-electron chi connectivity index (χ3n) is 5.24. The molecule has 0 spiro atoms. The van der Waals surface area contributed by atoms with Crippen LogP contribution in [0.2, 0.25) is 0 Å². The Kier molecular flexibility index (Phi) is 5.85. The Labute approximate surface area is 145 Å². The molecule has 1 aliphatic rings. The maximum Gasteiger partial charge on any atom is 0.163 e. The van der Waals surface area contributed by atoms with E-state index >= 15 is 0 Å². The zero-order valence-electron chi connectivity index (χ0n) is 14.7. The number of allylic oxidation sites excluding steroid dienone is 1. The topological polar surface area (TPSA) is 17.1 Å². The highest BCUT2D eigenvalue weighted by atomic mass is 16.1. The van der Waals surface area contributed by atoms with Crippen molar-refractivity contribution >= 4 is 16.6 Å². The van der Waals surface area contributed by atoms with E-state index in [2.05, 4.69) is 36.9 Å². The molecule has 0 amide bonds. The summed E-state index contributed by atoms with van der Waals surface area (Å²) in [7, 11) is 0. The second-order valence-electron chi connectivity index (χ2n) is 6.98. The molecule has 3 rings (SSSR count). The van der Waals surface area contributed by atoms with E-state index in [0.29, 0.717) is 12.2 Å². The van der Waals surface area contributed by atoms with Crippen molar-refractivity contribution in [3.63, 3.8) is 0 Å². The first kappa shape index (κ1) is 17.0. The Morgan fingerprint density at radius 1 is 0.917 bits per heavy atom. The van der Waals surface area contributed by atoms with E-state index in [4.69, 9.17) is 0 Å². The predicted molar refractivity (Wildman–Crippen MR) is 103 cm³/mol. The maximum absolute atomic E-state index is 12.7. The fraction of sp³-hybridized carbons (Fsp3) is 0.435. The second kappa shape index (κ2) is 8.28. The van der Waals surface area contributed by atoms with Gasteiger partial charge >= 0.3 is 0 Å². The van der Waals surface area contributed by atoms with Crippen molar-refractivity contribution in [3.8, 4) is 0 Å². The first-order valence-corrected chi connectivity index (χ1v) is 9.49. The smallest absolute Gasteiger partial charge is 0.163 e. The van der Waals surface area contributed by atoms with Crippen LogP contribution >= 0.6 is 0 Å². The van der Waals surface area contributed by atoms with Crippen LogP contribution in [0.4, 0.5) is 0 Å². The Morgan fingerprint density at radius 3 is 2.42 bits per heavy atom. The van der Waals surface area contributed by atoms with E-state index < -0.39 is 0 Å². The van der Waals surface area contributed by atoms with Crippen molar-refractivity contribution in [1.82, 2.24) is 0 Å². The quantitative estimate of drug-likeness (QED) is 0.280. The van der Waals surface area contributed by atoms with Crippen molar-refractivity contribution in [2.24, 2.45) is 0 Å². The molecule has 0 heterocycles. The third kappa shape index (κ3) is 3.77. The zero-order chi connectivity index (χ0) is 16.8. The molecule has 0 saturated carbocycles. The van der Waals surface area contributed by atoms with Crippen LogP contribution in [0.1, 0.15) is 72.9 Å². The number of hydrogen-bond acceptors (Lipinski definition) is 1. The molecule has 0 atom stereocenters. The largest absolute Gasteiger partial charge is 0.294 e. The summed E-state index contributed by atoms with van der Waals surface area (Å²) in [6, 6.07) is 10.7. The highest BCUT2D eigenvalue weighted by molar-refractivity contribution is 6.10. The first-order chi connectivity index (χ1) is 11.8. The molecular formula is C23H28O. The molecule has 0 saturated heterocycles. The summed E-state index contributed by atoms with van der Waals surface area (Å²) in [6.45, 7) is 3.75. The summed E-state index contributed by atoms with van der Waals surface area (Å²) in [5.74, 6) is 0.317. The van der Waals surface area contributed by atoms with Gasteiger partial charge in [0, 0.05) is 12.0 Å². The number of aryl methyl sites for hydroxylation is 2. The normalized spacial score (nSPS) is 12.7. The molecule has 1 heteroatoms. The zero-order valence-corrected chi connectivity index (χ0v) is 14.7. The number of carbonyl (C=O) groups excluding carboxylic acids is 1. The van der Waals surface area contributed by atoms with E-state index in [-0.39, 0.29) is 0 Å². The molecule has 0 unspecified atom stereocenters. The molecule has 0 aromatic heterocycles. The summed E-state index contributed by atoms with van der Waals surface area (Å²) in [6.07, 6.45) is 13.3. The molecular weight excluding hydrogens is 292 g/mol. The van der Waals surface area contributed by atoms with Crippen LogP contribution in [0.15, 0.2) is 43.0 Å². The van der Waals surface area contributed by atoms with Gasteiger partial charge in [-0.3, -0.25) is 4.79 Å². The minimum absolute atomic E-state index is 0.317.